The number of hydrogen-bond acceptors (Lipinski definition) is 1. The van der Waals surface area contributed by atoms with Crippen LogP contribution in [0.15, 0.2) is 45.5 Å². The van der Waals surface area contributed by atoms with Gasteiger partial charge in [-0.3, -0.25) is 4.79 Å². The highest BCUT2D eigenvalue weighted by Gasteiger charge is 2.14. The van der Waals surface area contributed by atoms with Gasteiger partial charge >= 0.3 is 0 Å². The van der Waals surface area contributed by atoms with E-state index >= 15 is 0 Å². The van der Waals surface area contributed by atoms with Crippen LogP contribution in [0.5, 0.6) is 0 Å². The van der Waals surface area contributed by atoms with Crippen molar-refractivity contribution in [3.8, 4) is 0 Å². The molecular formula is C14H14Br2N2O. The smallest absolute Gasteiger partial charge is 0.268 e. The van der Waals surface area contributed by atoms with Gasteiger partial charge in [0, 0.05) is 22.2 Å². The number of carbonyl (C=O) groups excluding carboxylic acids is 1. The number of halogens is 2. The molecule has 2 rings (SSSR count). The second-order valence-corrected chi connectivity index (χ2v) is 6.23. The molecule has 1 heterocycles. The predicted molar refractivity (Wildman–Crippen MR) is 83.1 cm³/mol. The normalized spacial score (nSPS) is 12.2. The molecule has 1 atom stereocenters. The van der Waals surface area contributed by atoms with Gasteiger partial charge in [0.1, 0.15) is 5.69 Å². The summed E-state index contributed by atoms with van der Waals surface area (Å²) < 4.78 is 3.73. The Morgan fingerprint density at radius 1 is 1.21 bits per heavy atom. The summed E-state index contributed by atoms with van der Waals surface area (Å²) in [5.41, 5.74) is 1.71. The lowest BCUT2D eigenvalue weighted by Gasteiger charge is -2.14. The molecule has 5 heteroatoms. The lowest BCUT2D eigenvalue weighted by Crippen LogP contribution is -2.28. The van der Waals surface area contributed by atoms with Gasteiger partial charge in [-0.15, -0.1) is 0 Å². The van der Waals surface area contributed by atoms with E-state index in [9.17, 15) is 4.79 Å². The Morgan fingerprint density at radius 2 is 1.84 bits per heavy atom. The van der Waals surface area contributed by atoms with Crippen LogP contribution in [0.25, 0.3) is 0 Å². The van der Waals surface area contributed by atoms with E-state index in [0.29, 0.717) is 5.69 Å². The number of benzene rings is 1. The third kappa shape index (κ3) is 3.48. The number of carbonyl (C=O) groups is 1. The molecule has 2 aromatic rings. The van der Waals surface area contributed by atoms with E-state index in [-0.39, 0.29) is 11.9 Å². The van der Waals surface area contributed by atoms with Gasteiger partial charge in [0.15, 0.2) is 0 Å². The zero-order valence-electron chi connectivity index (χ0n) is 10.7. The molecule has 0 radical (unpaired) electrons. The molecule has 0 aliphatic rings. The zero-order valence-corrected chi connectivity index (χ0v) is 13.8. The summed E-state index contributed by atoms with van der Waals surface area (Å²) in [6, 6.07) is 9.71. The monoisotopic (exact) mass is 384 g/mol. The Labute approximate surface area is 129 Å². The first-order valence-corrected chi connectivity index (χ1v) is 7.44. The highest BCUT2D eigenvalue weighted by Crippen LogP contribution is 2.18. The topological polar surface area (TPSA) is 34.0 Å². The maximum atomic E-state index is 12.2. The van der Waals surface area contributed by atoms with Crippen molar-refractivity contribution < 1.29 is 4.79 Å². The van der Waals surface area contributed by atoms with E-state index in [1.807, 2.05) is 50.5 Å². The molecule has 0 fully saturated rings. The van der Waals surface area contributed by atoms with E-state index in [1.54, 1.807) is 4.57 Å². The van der Waals surface area contributed by atoms with Gasteiger partial charge in [0.05, 0.1) is 6.04 Å². The fourth-order valence-corrected chi connectivity index (χ4v) is 2.64. The molecule has 0 saturated heterocycles. The number of aryl methyl sites for hydroxylation is 1. The lowest BCUT2D eigenvalue weighted by atomic mass is 10.1. The minimum absolute atomic E-state index is 0.0331. The van der Waals surface area contributed by atoms with Crippen LogP contribution in [0.2, 0.25) is 0 Å². The maximum absolute atomic E-state index is 12.2. The van der Waals surface area contributed by atoms with E-state index in [4.69, 9.17) is 0 Å². The fourth-order valence-electron chi connectivity index (χ4n) is 1.86. The minimum Gasteiger partial charge on any atom is -0.345 e. The Hall–Kier alpha value is -1.07. The SMILES string of the molecule is CC(NC(=O)c1cc(Br)cn1C)c1ccc(Br)cc1. The van der Waals surface area contributed by atoms with Crippen molar-refractivity contribution in [3.05, 3.63) is 56.7 Å². The van der Waals surface area contributed by atoms with Gasteiger partial charge < -0.3 is 9.88 Å². The van der Waals surface area contributed by atoms with Crippen molar-refractivity contribution >= 4 is 37.8 Å². The molecule has 1 N–H and O–H groups in total. The van der Waals surface area contributed by atoms with E-state index in [0.717, 1.165) is 14.5 Å². The first kappa shape index (κ1) is 14.3. The van der Waals surface area contributed by atoms with Gasteiger partial charge in [-0.05, 0) is 46.6 Å². The molecule has 0 bridgehead atoms. The molecule has 19 heavy (non-hydrogen) atoms. The van der Waals surface area contributed by atoms with Gasteiger partial charge in [-0.25, -0.2) is 0 Å². The number of rotatable bonds is 3. The van der Waals surface area contributed by atoms with E-state index < -0.39 is 0 Å². The summed E-state index contributed by atoms with van der Waals surface area (Å²) in [5, 5.41) is 2.99. The van der Waals surface area contributed by atoms with E-state index in [1.165, 1.54) is 0 Å². The highest BCUT2D eigenvalue weighted by atomic mass is 79.9. The number of aromatic nitrogens is 1. The van der Waals surface area contributed by atoms with Gasteiger partial charge in [-0.1, -0.05) is 28.1 Å². The van der Waals surface area contributed by atoms with Crippen molar-refractivity contribution in [1.82, 2.24) is 9.88 Å². The molecule has 3 nitrogen and oxygen atoms in total. The Morgan fingerprint density at radius 3 is 2.37 bits per heavy atom. The molecule has 100 valence electrons. The van der Waals surface area contributed by atoms with Crippen molar-refractivity contribution in [2.45, 2.75) is 13.0 Å². The molecule has 1 amide bonds. The Bertz CT molecular complexity index is 590. The third-order valence-electron chi connectivity index (χ3n) is 2.92. The second kappa shape index (κ2) is 5.92. The summed E-state index contributed by atoms with van der Waals surface area (Å²) in [6.07, 6.45) is 1.86. The Kier molecular flexibility index (Phi) is 4.47. The number of amides is 1. The van der Waals surface area contributed by atoms with Crippen LogP contribution >= 0.6 is 31.9 Å². The van der Waals surface area contributed by atoms with Crippen LogP contribution in [-0.4, -0.2) is 10.5 Å². The van der Waals surface area contributed by atoms with Crippen molar-refractivity contribution in [3.63, 3.8) is 0 Å². The quantitative estimate of drug-likeness (QED) is 0.849. The summed E-state index contributed by atoms with van der Waals surface area (Å²) in [7, 11) is 1.85. The largest absolute Gasteiger partial charge is 0.345 e. The first-order valence-electron chi connectivity index (χ1n) is 5.85. The molecular weight excluding hydrogens is 372 g/mol. The van der Waals surface area contributed by atoms with Crippen molar-refractivity contribution in [2.75, 3.05) is 0 Å². The average molecular weight is 386 g/mol. The van der Waals surface area contributed by atoms with Gasteiger partial charge in [0.25, 0.3) is 5.91 Å². The van der Waals surface area contributed by atoms with Crippen molar-refractivity contribution in [1.29, 1.82) is 0 Å². The number of hydrogen-bond donors (Lipinski definition) is 1. The van der Waals surface area contributed by atoms with Crippen LogP contribution < -0.4 is 5.32 Å². The summed E-state index contributed by atoms with van der Waals surface area (Å²) in [5.74, 6) is -0.0800. The fraction of sp³-hybridized carbons (Fsp3) is 0.214. The van der Waals surface area contributed by atoms with Crippen LogP contribution in [0.1, 0.15) is 29.0 Å². The summed E-state index contributed by atoms with van der Waals surface area (Å²) >= 11 is 6.76. The predicted octanol–water partition coefficient (Wildman–Crippen LogP) is 4.04. The van der Waals surface area contributed by atoms with Crippen LogP contribution in [0.3, 0.4) is 0 Å². The van der Waals surface area contributed by atoms with Crippen molar-refractivity contribution in [2.24, 2.45) is 7.05 Å². The number of nitrogens with one attached hydrogen (secondary N) is 1. The Balaban J connectivity index is 2.10. The third-order valence-corrected chi connectivity index (χ3v) is 3.88. The molecule has 0 spiro atoms. The van der Waals surface area contributed by atoms with E-state index in [2.05, 4.69) is 37.2 Å². The molecule has 0 aliphatic heterocycles. The number of nitrogens with zero attached hydrogens (tertiary/aromatic N) is 1. The molecule has 1 aromatic heterocycles. The first-order chi connectivity index (χ1) is 8.97. The van der Waals surface area contributed by atoms with Crippen LogP contribution in [0, 0.1) is 0 Å². The molecule has 0 saturated carbocycles. The van der Waals surface area contributed by atoms with Gasteiger partial charge in [-0.2, -0.15) is 0 Å². The standard InChI is InChI=1S/C14H14Br2N2O/c1-9(10-3-5-11(15)6-4-10)17-14(19)13-7-12(16)8-18(13)2/h3-9H,1-2H3,(H,17,19). The molecule has 0 aliphatic carbocycles. The average Bonchev–Trinajstić information content (AvgIpc) is 2.69. The van der Waals surface area contributed by atoms with Crippen LogP contribution in [-0.2, 0) is 7.05 Å². The lowest BCUT2D eigenvalue weighted by molar-refractivity contribution is 0.0931. The zero-order chi connectivity index (χ0) is 14.0. The molecule has 1 aromatic carbocycles. The van der Waals surface area contributed by atoms with Gasteiger partial charge in [0.2, 0.25) is 0 Å². The second-order valence-electron chi connectivity index (χ2n) is 4.40. The summed E-state index contributed by atoms with van der Waals surface area (Å²) in [4.78, 5) is 12.2. The minimum atomic E-state index is -0.0800. The van der Waals surface area contributed by atoms with Crippen LogP contribution in [0.4, 0.5) is 0 Å². The maximum Gasteiger partial charge on any atom is 0.268 e. The summed E-state index contributed by atoms with van der Waals surface area (Å²) in [6.45, 7) is 1.97. The highest BCUT2D eigenvalue weighted by molar-refractivity contribution is 9.10. The molecule has 1 unspecified atom stereocenters.